The number of aromatic nitrogens is 1. The average molecular weight is 422 g/mol. The van der Waals surface area contributed by atoms with Gasteiger partial charge in [0.2, 0.25) is 0 Å². The van der Waals surface area contributed by atoms with Gasteiger partial charge >= 0.3 is 6.18 Å². The number of benzene rings is 1. The summed E-state index contributed by atoms with van der Waals surface area (Å²) in [4.78, 5) is -0.0332. The van der Waals surface area contributed by atoms with E-state index in [9.17, 15) is 21.6 Å². The fourth-order valence-corrected chi connectivity index (χ4v) is 5.31. The van der Waals surface area contributed by atoms with Crippen molar-refractivity contribution in [1.82, 2.24) is 3.97 Å². The summed E-state index contributed by atoms with van der Waals surface area (Å²) in [6.07, 6.45) is -2.81. The van der Waals surface area contributed by atoms with Gasteiger partial charge in [-0.15, -0.1) is 0 Å². The van der Waals surface area contributed by atoms with Crippen LogP contribution in [0.25, 0.3) is 0 Å². The zero-order valence-corrected chi connectivity index (χ0v) is 15.2. The number of fused-ring (bicyclic) bond motifs is 1. The highest BCUT2D eigenvalue weighted by atomic mass is 79.9. The molecule has 0 saturated heterocycles. The first-order valence-corrected chi connectivity index (χ1v) is 9.59. The van der Waals surface area contributed by atoms with E-state index in [4.69, 9.17) is 0 Å². The summed E-state index contributed by atoms with van der Waals surface area (Å²) in [6.45, 7) is 1.81. The highest BCUT2D eigenvalue weighted by Gasteiger charge is 2.58. The Labute approximate surface area is 146 Å². The highest BCUT2D eigenvalue weighted by Crippen LogP contribution is 2.53. The molecule has 1 aromatic carbocycles. The van der Waals surface area contributed by atoms with Crippen LogP contribution < -0.4 is 0 Å². The molecule has 8 heteroatoms. The topological polar surface area (TPSA) is 39.1 Å². The van der Waals surface area contributed by atoms with E-state index in [0.29, 0.717) is 18.4 Å². The summed E-state index contributed by atoms with van der Waals surface area (Å²) in [5, 5.41) is 0. The lowest BCUT2D eigenvalue weighted by Crippen LogP contribution is -2.42. The van der Waals surface area contributed by atoms with Crippen molar-refractivity contribution in [3.8, 4) is 0 Å². The molecule has 1 heterocycles. The van der Waals surface area contributed by atoms with Gasteiger partial charge in [-0.2, -0.15) is 13.2 Å². The summed E-state index contributed by atoms with van der Waals surface area (Å²) < 4.78 is 65.1. The Morgan fingerprint density at radius 2 is 1.79 bits per heavy atom. The molecule has 0 spiro atoms. The monoisotopic (exact) mass is 421 g/mol. The minimum atomic E-state index is -4.60. The van der Waals surface area contributed by atoms with Crippen molar-refractivity contribution in [3.63, 3.8) is 0 Å². The third kappa shape index (κ3) is 2.60. The van der Waals surface area contributed by atoms with Crippen LogP contribution in [0.2, 0.25) is 0 Å². The van der Waals surface area contributed by atoms with E-state index in [0.717, 1.165) is 9.54 Å². The second kappa shape index (κ2) is 5.62. The maximum Gasteiger partial charge on any atom is 0.409 e. The lowest BCUT2D eigenvalue weighted by Gasteiger charge is -2.35. The van der Waals surface area contributed by atoms with E-state index in [1.807, 2.05) is 0 Å². The molecule has 0 saturated carbocycles. The molecule has 1 aliphatic rings. The van der Waals surface area contributed by atoms with Crippen molar-refractivity contribution in [2.45, 2.75) is 41.6 Å². The van der Waals surface area contributed by atoms with Gasteiger partial charge in [0.1, 0.15) is 0 Å². The smallest absolute Gasteiger partial charge is 0.244 e. The van der Waals surface area contributed by atoms with Gasteiger partial charge in [0.05, 0.1) is 10.6 Å². The van der Waals surface area contributed by atoms with Gasteiger partial charge in [0, 0.05) is 6.20 Å². The minimum absolute atomic E-state index is 0.0332. The quantitative estimate of drug-likeness (QED) is 0.668. The standard InChI is InChI=1S/C16H15BrF3NO2S/c1-11-4-6-13(7-5-11)24(22,23)21-10-8-12-3-2-9-15(17,14(12)21)16(18,19)20/h4-8,10H,2-3,9H2,1H3. The summed E-state index contributed by atoms with van der Waals surface area (Å²) in [7, 11) is -4.10. The molecule has 1 aromatic heterocycles. The number of rotatable bonds is 2. The molecule has 0 radical (unpaired) electrons. The molecule has 1 aliphatic carbocycles. The molecule has 3 rings (SSSR count). The molecule has 0 fully saturated rings. The van der Waals surface area contributed by atoms with Crippen LogP contribution >= 0.6 is 15.9 Å². The maximum atomic E-state index is 13.7. The van der Waals surface area contributed by atoms with Crippen LogP contribution in [-0.2, 0) is 20.8 Å². The first-order chi connectivity index (χ1) is 11.1. The number of alkyl halides is 4. The highest BCUT2D eigenvalue weighted by molar-refractivity contribution is 9.09. The Morgan fingerprint density at radius 3 is 2.38 bits per heavy atom. The lowest BCUT2D eigenvalue weighted by molar-refractivity contribution is -0.164. The third-order valence-electron chi connectivity index (χ3n) is 4.31. The first kappa shape index (κ1) is 17.5. The fraction of sp³-hybridized carbons (Fsp3) is 0.375. The van der Waals surface area contributed by atoms with E-state index in [1.54, 1.807) is 19.1 Å². The van der Waals surface area contributed by atoms with Gasteiger partial charge in [0.15, 0.2) is 4.32 Å². The number of nitrogens with zero attached hydrogens (tertiary/aromatic N) is 1. The van der Waals surface area contributed by atoms with E-state index in [-0.39, 0.29) is 17.0 Å². The number of hydrogen-bond donors (Lipinski definition) is 0. The van der Waals surface area contributed by atoms with Crippen molar-refractivity contribution in [2.75, 3.05) is 0 Å². The van der Waals surface area contributed by atoms with Crippen molar-refractivity contribution in [1.29, 1.82) is 0 Å². The van der Waals surface area contributed by atoms with E-state index in [2.05, 4.69) is 15.9 Å². The molecule has 0 amide bonds. The van der Waals surface area contributed by atoms with Crippen molar-refractivity contribution >= 4 is 26.0 Å². The molecule has 0 aliphatic heterocycles. The maximum absolute atomic E-state index is 13.7. The predicted octanol–water partition coefficient (Wildman–Crippen LogP) is 4.52. The SMILES string of the molecule is Cc1ccc(S(=O)(=O)n2ccc3c2C(Br)(C(F)(F)F)CCC3)cc1. The molecule has 1 atom stereocenters. The van der Waals surface area contributed by atoms with Crippen LogP contribution in [-0.4, -0.2) is 18.6 Å². The van der Waals surface area contributed by atoms with Crippen LogP contribution in [0, 0.1) is 6.92 Å². The molecular formula is C16H15BrF3NO2S. The lowest BCUT2D eigenvalue weighted by atomic mass is 9.87. The second-order valence-corrected chi connectivity index (χ2v) is 9.12. The molecule has 24 heavy (non-hydrogen) atoms. The van der Waals surface area contributed by atoms with E-state index < -0.39 is 20.5 Å². The minimum Gasteiger partial charge on any atom is -0.244 e. The van der Waals surface area contributed by atoms with Crippen molar-refractivity contribution in [2.24, 2.45) is 0 Å². The first-order valence-electron chi connectivity index (χ1n) is 7.36. The van der Waals surface area contributed by atoms with Crippen LogP contribution in [0.5, 0.6) is 0 Å². The van der Waals surface area contributed by atoms with Gasteiger partial charge < -0.3 is 0 Å². The van der Waals surface area contributed by atoms with Gasteiger partial charge in [-0.25, -0.2) is 12.4 Å². The fourth-order valence-electron chi connectivity index (χ4n) is 3.02. The van der Waals surface area contributed by atoms with Crippen molar-refractivity contribution in [3.05, 3.63) is 53.3 Å². The second-order valence-electron chi connectivity index (χ2n) is 5.96. The Balaban J connectivity index is 2.22. The van der Waals surface area contributed by atoms with Gasteiger partial charge in [0.25, 0.3) is 10.0 Å². The van der Waals surface area contributed by atoms with E-state index in [1.165, 1.54) is 24.4 Å². The largest absolute Gasteiger partial charge is 0.409 e. The summed E-state index contributed by atoms with van der Waals surface area (Å²) in [6, 6.07) is 7.51. The molecule has 130 valence electrons. The average Bonchev–Trinajstić information content (AvgIpc) is 2.93. The van der Waals surface area contributed by atoms with Crippen molar-refractivity contribution < 1.29 is 21.6 Å². The number of hydrogen-bond acceptors (Lipinski definition) is 2. The Hall–Kier alpha value is -1.28. The van der Waals surface area contributed by atoms with E-state index >= 15 is 0 Å². The predicted molar refractivity (Wildman–Crippen MR) is 87.8 cm³/mol. The van der Waals surface area contributed by atoms with Gasteiger partial charge in [-0.1, -0.05) is 33.6 Å². The summed E-state index contributed by atoms with van der Waals surface area (Å²) in [5.41, 5.74) is 1.04. The van der Waals surface area contributed by atoms with Gasteiger partial charge in [-0.3, -0.25) is 0 Å². The summed E-state index contributed by atoms with van der Waals surface area (Å²) in [5.74, 6) is 0. The zero-order chi connectivity index (χ0) is 17.8. The molecule has 2 aromatic rings. The molecule has 3 nitrogen and oxygen atoms in total. The molecule has 1 unspecified atom stereocenters. The molecule has 0 N–H and O–H groups in total. The number of halogens is 4. The zero-order valence-electron chi connectivity index (χ0n) is 12.8. The molecular weight excluding hydrogens is 407 g/mol. The van der Waals surface area contributed by atoms with Crippen LogP contribution in [0.3, 0.4) is 0 Å². The van der Waals surface area contributed by atoms with Crippen LogP contribution in [0.15, 0.2) is 41.4 Å². The normalized spacial score (nSPS) is 21.5. The number of aryl methyl sites for hydroxylation is 2. The summed E-state index contributed by atoms with van der Waals surface area (Å²) >= 11 is 2.81. The van der Waals surface area contributed by atoms with Gasteiger partial charge in [-0.05, 0) is 49.9 Å². The molecule has 0 bridgehead atoms. The Kier molecular flexibility index (Phi) is 4.11. The van der Waals surface area contributed by atoms with Crippen LogP contribution in [0.4, 0.5) is 13.2 Å². The Bertz CT molecular complexity index is 872. The van der Waals surface area contributed by atoms with Crippen LogP contribution in [0.1, 0.15) is 29.7 Å². The Morgan fingerprint density at radius 1 is 1.17 bits per heavy atom. The third-order valence-corrected chi connectivity index (χ3v) is 7.22.